The van der Waals surface area contributed by atoms with Crippen molar-refractivity contribution in [2.24, 2.45) is 7.05 Å². The standard InChI is InChI=1S/C16H23N7O.ClH/c1-11-19-14-12(10-18-21(14)2)15(20-11)22-6-8-23(9-7-22)16(24)13-4-3-5-17-13;/h10,13,17H,3-9H2,1-2H3;1H/t13-;/m0./s1. The molecule has 2 aliphatic rings. The first-order chi connectivity index (χ1) is 11.6. The van der Waals surface area contributed by atoms with Crippen LogP contribution < -0.4 is 10.2 Å². The molecule has 1 atom stereocenters. The predicted octanol–water partition coefficient (Wildman–Crippen LogP) is 0.494. The molecule has 0 spiro atoms. The highest BCUT2D eigenvalue weighted by Gasteiger charge is 2.30. The van der Waals surface area contributed by atoms with Gasteiger partial charge in [0.25, 0.3) is 0 Å². The van der Waals surface area contributed by atoms with Crippen LogP contribution in [0.3, 0.4) is 0 Å². The molecule has 4 rings (SSSR count). The number of carbonyl (C=O) groups is 1. The molecule has 0 unspecified atom stereocenters. The number of nitrogens with zero attached hydrogens (tertiary/aromatic N) is 6. The minimum atomic E-state index is 0. The van der Waals surface area contributed by atoms with E-state index in [-0.39, 0.29) is 24.4 Å². The van der Waals surface area contributed by atoms with Gasteiger partial charge in [0.1, 0.15) is 11.6 Å². The number of aryl methyl sites for hydroxylation is 2. The van der Waals surface area contributed by atoms with Crippen LogP contribution in [0.25, 0.3) is 11.0 Å². The molecular formula is C16H24ClN7O. The SMILES string of the molecule is Cc1nc(N2CCN(C(=O)[C@@H]3CCCN3)CC2)c2cnn(C)c2n1.Cl. The van der Waals surface area contributed by atoms with Crippen molar-refractivity contribution in [2.75, 3.05) is 37.6 Å². The molecule has 0 aliphatic carbocycles. The van der Waals surface area contributed by atoms with Gasteiger partial charge < -0.3 is 15.1 Å². The molecule has 0 radical (unpaired) electrons. The van der Waals surface area contributed by atoms with E-state index in [1.54, 1.807) is 4.68 Å². The first-order valence-electron chi connectivity index (χ1n) is 8.57. The van der Waals surface area contributed by atoms with Crippen LogP contribution in [0.5, 0.6) is 0 Å². The van der Waals surface area contributed by atoms with E-state index in [1.165, 1.54) is 0 Å². The van der Waals surface area contributed by atoms with Crippen LogP contribution in [0.4, 0.5) is 5.82 Å². The van der Waals surface area contributed by atoms with Gasteiger partial charge in [0, 0.05) is 33.2 Å². The van der Waals surface area contributed by atoms with Crippen LogP contribution in [-0.2, 0) is 11.8 Å². The van der Waals surface area contributed by atoms with Crippen molar-refractivity contribution < 1.29 is 4.79 Å². The van der Waals surface area contributed by atoms with Crippen LogP contribution in [-0.4, -0.2) is 69.3 Å². The molecular weight excluding hydrogens is 342 g/mol. The van der Waals surface area contributed by atoms with Gasteiger partial charge in [-0.1, -0.05) is 0 Å². The van der Waals surface area contributed by atoms with E-state index in [9.17, 15) is 4.79 Å². The van der Waals surface area contributed by atoms with Gasteiger partial charge in [-0.05, 0) is 26.3 Å². The van der Waals surface area contributed by atoms with Crippen molar-refractivity contribution >= 4 is 35.2 Å². The molecule has 0 aromatic carbocycles. The van der Waals surface area contributed by atoms with Gasteiger partial charge in [-0.25, -0.2) is 9.97 Å². The fourth-order valence-corrected chi connectivity index (χ4v) is 3.61. The van der Waals surface area contributed by atoms with E-state index in [0.29, 0.717) is 0 Å². The average Bonchev–Trinajstić information content (AvgIpc) is 3.25. The van der Waals surface area contributed by atoms with Crippen molar-refractivity contribution in [1.29, 1.82) is 0 Å². The molecule has 0 saturated carbocycles. The Hall–Kier alpha value is -1.93. The van der Waals surface area contributed by atoms with E-state index in [2.05, 4.69) is 25.3 Å². The maximum atomic E-state index is 12.5. The predicted molar refractivity (Wildman–Crippen MR) is 98.1 cm³/mol. The summed E-state index contributed by atoms with van der Waals surface area (Å²) in [6, 6.07) is 0.0166. The molecule has 1 N–H and O–H groups in total. The summed E-state index contributed by atoms with van der Waals surface area (Å²) in [4.78, 5) is 25.8. The van der Waals surface area contributed by atoms with Gasteiger partial charge in [-0.2, -0.15) is 5.10 Å². The molecule has 2 aromatic rings. The fourth-order valence-electron chi connectivity index (χ4n) is 3.61. The van der Waals surface area contributed by atoms with Gasteiger partial charge in [-0.3, -0.25) is 9.48 Å². The highest BCUT2D eigenvalue weighted by molar-refractivity contribution is 5.87. The summed E-state index contributed by atoms with van der Waals surface area (Å²) in [6.45, 7) is 5.92. The lowest BCUT2D eigenvalue weighted by molar-refractivity contribution is -0.133. The Morgan fingerprint density at radius 2 is 2.00 bits per heavy atom. The Labute approximate surface area is 153 Å². The molecule has 4 heterocycles. The van der Waals surface area contributed by atoms with Gasteiger partial charge in [-0.15, -0.1) is 12.4 Å². The molecule has 25 heavy (non-hydrogen) atoms. The Morgan fingerprint density at radius 1 is 1.24 bits per heavy atom. The fraction of sp³-hybridized carbons (Fsp3) is 0.625. The van der Waals surface area contributed by atoms with E-state index in [4.69, 9.17) is 0 Å². The molecule has 2 aromatic heterocycles. The Bertz CT molecular complexity index is 763. The molecule has 2 aliphatic heterocycles. The number of aromatic nitrogens is 4. The van der Waals surface area contributed by atoms with Crippen LogP contribution in [0.15, 0.2) is 6.20 Å². The third-order valence-electron chi connectivity index (χ3n) is 4.93. The molecule has 2 fully saturated rings. The average molecular weight is 366 g/mol. The number of carbonyl (C=O) groups excluding carboxylic acids is 1. The maximum Gasteiger partial charge on any atom is 0.239 e. The summed E-state index contributed by atoms with van der Waals surface area (Å²) in [7, 11) is 1.89. The van der Waals surface area contributed by atoms with Crippen molar-refractivity contribution in [3.05, 3.63) is 12.0 Å². The second kappa shape index (κ2) is 7.13. The zero-order valence-corrected chi connectivity index (χ0v) is 15.4. The number of fused-ring (bicyclic) bond motifs is 1. The number of anilines is 1. The second-order valence-corrected chi connectivity index (χ2v) is 6.56. The van der Waals surface area contributed by atoms with Crippen molar-refractivity contribution in [3.63, 3.8) is 0 Å². The zero-order chi connectivity index (χ0) is 16.7. The number of rotatable bonds is 2. The molecule has 136 valence electrons. The van der Waals surface area contributed by atoms with Crippen LogP contribution in [0, 0.1) is 6.92 Å². The van der Waals surface area contributed by atoms with Crippen molar-refractivity contribution in [1.82, 2.24) is 30.0 Å². The van der Waals surface area contributed by atoms with E-state index < -0.39 is 0 Å². The Kier molecular flexibility index (Phi) is 5.10. The molecule has 9 heteroatoms. The summed E-state index contributed by atoms with van der Waals surface area (Å²) in [5, 5.41) is 8.57. The zero-order valence-electron chi connectivity index (χ0n) is 14.6. The van der Waals surface area contributed by atoms with Crippen molar-refractivity contribution in [3.8, 4) is 0 Å². The third-order valence-corrected chi connectivity index (χ3v) is 4.93. The highest BCUT2D eigenvalue weighted by Crippen LogP contribution is 2.24. The highest BCUT2D eigenvalue weighted by atomic mass is 35.5. The quantitative estimate of drug-likeness (QED) is 0.834. The largest absolute Gasteiger partial charge is 0.352 e. The number of hydrogen-bond donors (Lipinski definition) is 1. The number of amides is 1. The smallest absolute Gasteiger partial charge is 0.239 e. The van der Waals surface area contributed by atoms with E-state index in [0.717, 1.165) is 68.2 Å². The normalized spacial score (nSPS) is 20.8. The Balaban J connectivity index is 0.00000182. The van der Waals surface area contributed by atoms with Crippen LogP contribution >= 0.6 is 12.4 Å². The van der Waals surface area contributed by atoms with Gasteiger partial charge in [0.15, 0.2) is 5.65 Å². The number of halogens is 1. The van der Waals surface area contributed by atoms with Crippen molar-refractivity contribution in [2.45, 2.75) is 25.8 Å². The lowest BCUT2D eigenvalue weighted by Crippen LogP contribution is -2.53. The second-order valence-electron chi connectivity index (χ2n) is 6.56. The summed E-state index contributed by atoms with van der Waals surface area (Å²) in [6.07, 6.45) is 3.88. The van der Waals surface area contributed by atoms with Gasteiger partial charge in [0.05, 0.1) is 17.6 Å². The monoisotopic (exact) mass is 365 g/mol. The minimum Gasteiger partial charge on any atom is -0.352 e. The molecule has 8 nitrogen and oxygen atoms in total. The molecule has 0 bridgehead atoms. The van der Waals surface area contributed by atoms with Crippen LogP contribution in [0.1, 0.15) is 18.7 Å². The van der Waals surface area contributed by atoms with Gasteiger partial charge in [0.2, 0.25) is 5.91 Å². The summed E-state index contributed by atoms with van der Waals surface area (Å²) in [5.74, 6) is 1.92. The van der Waals surface area contributed by atoms with E-state index in [1.807, 2.05) is 25.1 Å². The molecule has 1 amide bonds. The van der Waals surface area contributed by atoms with E-state index >= 15 is 0 Å². The third kappa shape index (κ3) is 3.28. The first-order valence-corrected chi connectivity index (χ1v) is 8.57. The Morgan fingerprint density at radius 3 is 2.68 bits per heavy atom. The van der Waals surface area contributed by atoms with Crippen LogP contribution in [0.2, 0.25) is 0 Å². The number of piperazine rings is 1. The minimum absolute atomic E-state index is 0. The summed E-state index contributed by atoms with van der Waals surface area (Å²) >= 11 is 0. The lowest BCUT2D eigenvalue weighted by Gasteiger charge is -2.36. The maximum absolute atomic E-state index is 12.5. The number of nitrogens with one attached hydrogen (secondary N) is 1. The van der Waals surface area contributed by atoms with Gasteiger partial charge >= 0.3 is 0 Å². The first kappa shape index (κ1) is 17.9. The molecule has 2 saturated heterocycles. The topological polar surface area (TPSA) is 79.2 Å². The summed E-state index contributed by atoms with van der Waals surface area (Å²) in [5.41, 5.74) is 0.853. The lowest BCUT2D eigenvalue weighted by atomic mass is 10.2. The summed E-state index contributed by atoms with van der Waals surface area (Å²) < 4.78 is 1.78. The number of hydrogen-bond acceptors (Lipinski definition) is 6.